The van der Waals surface area contributed by atoms with Crippen molar-refractivity contribution in [3.63, 3.8) is 0 Å². The maximum Gasteiger partial charge on any atom is 0.305 e. The van der Waals surface area contributed by atoms with Crippen LogP contribution >= 0.6 is 0 Å². The van der Waals surface area contributed by atoms with Crippen molar-refractivity contribution in [3.05, 3.63) is 60.8 Å². The monoisotopic (exact) mass is 770 g/mol. The third-order valence-electron chi connectivity index (χ3n) is 10.0. The average molecular weight is 770 g/mol. The van der Waals surface area contributed by atoms with E-state index in [1.54, 1.807) is 6.08 Å². The van der Waals surface area contributed by atoms with Crippen LogP contribution in [0.2, 0.25) is 0 Å². The molecule has 1 amide bonds. The Morgan fingerprint density at radius 2 is 1.00 bits per heavy atom. The van der Waals surface area contributed by atoms with E-state index in [9.17, 15) is 19.8 Å². The van der Waals surface area contributed by atoms with E-state index in [2.05, 4.69) is 67.8 Å². The summed E-state index contributed by atoms with van der Waals surface area (Å²) < 4.78 is 5.41. The summed E-state index contributed by atoms with van der Waals surface area (Å²) in [4.78, 5) is 24.3. The molecule has 0 aliphatic heterocycles. The van der Waals surface area contributed by atoms with E-state index in [1.165, 1.54) is 96.3 Å². The number of rotatable bonds is 41. The molecular formula is C49H87NO5. The number of aliphatic hydroxyl groups excluding tert-OH is 2. The molecule has 0 fully saturated rings. The summed E-state index contributed by atoms with van der Waals surface area (Å²) in [7, 11) is 0. The van der Waals surface area contributed by atoms with Crippen molar-refractivity contribution in [1.29, 1.82) is 0 Å². The van der Waals surface area contributed by atoms with Gasteiger partial charge in [0.15, 0.2) is 0 Å². The minimum atomic E-state index is -0.858. The van der Waals surface area contributed by atoms with Crippen LogP contribution in [0.25, 0.3) is 0 Å². The highest BCUT2D eigenvalue weighted by molar-refractivity contribution is 5.76. The standard InChI is InChI=1S/C49H87NO5/c1-3-5-7-9-11-13-15-19-23-27-31-35-39-43-49(54)55-44-40-36-32-28-24-21-18-16-17-20-22-26-30-34-38-42-48(53)50-46(45-51)47(52)41-37-33-29-25-14-12-10-8-6-4-2/h7,9,13,15-16,18,21,24,37,41,46-47,51-52H,3-6,8,10-12,14,17,19-20,22-23,25-36,38-40,42-45H2,1-2H3,(H,50,53)/b9-7-,15-13-,18-16-,24-21-,41-37+. The lowest BCUT2D eigenvalue weighted by Crippen LogP contribution is -2.45. The molecule has 0 rings (SSSR count). The largest absolute Gasteiger partial charge is 0.466 e. The van der Waals surface area contributed by atoms with Gasteiger partial charge in [0.05, 0.1) is 25.4 Å². The first-order valence-corrected chi connectivity index (χ1v) is 23.1. The SMILES string of the molecule is CCC/C=C\C/C=C\CCCCCCCC(=O)OCCCCC/C=C\C=C/CCCCCCCCC(=O)NC(CO)C(O)/C=C/CCCCCCCCCC. The molecule has 55 heavy (non-hydrogen) atoms. The molecule has 2 atom stereocenters. The second-order valence-corrected chi connectivity index (χ2v) is 15.4. The highest BCUT2D eigenvalue weighted by Crippen LogP contribution is 2.12. The van der Waals surface area contributed by atoms with Crippen LogP contribution in [0.5, 0.6) is 0 Å². The Labute approximate surface area is 339 Å². The summed E-state index contributed by atoms with van der Waals surface area (Å²) in [5.41, 5.74) is 0. The summed E-state index contributed by atoms with van der Waals surface area (Å²) in [5.74, 6) is -0.136. The minimum Gasteiger partial charge on any atom is -0.466 e. The second-order valence-electron chi connectivity index (χ2n) is 15.4. The molecular weight excluding hydrogens is 683 g/mol. The molecule has 0 saturated heterocycles. The van der Waals surface area contributed by atoms with Crippen molar-refractivity contribution in [2.75, 3.05) is 13.2 Å². The quantitative estimate of drug-likeness (QED) is 0.0249. The fourth-order valence-electron chi connectivity index (χ4n) is 6.42. The zero-order valence-corrected chi connectivity index (χ0v) is 35.9. The lowest BCUT2D eigenvalue weighted by molar-refractivity contribution is -0.143. The zero-order valence-electron chi connectivity index (χ0n) is 35.9. The number of allylic oxidation sites excluding steroid dienone is 9. The van der Waals surface area contributed by atoms with Gasteiger partial charge >= 0.3 is 5.97 Å². The Hall–Kier alpha value is -2.44. The van der Waals surface area contributed by atoms with Crippen LogP contribution in [0.3, 0.4) is 0 Å². The topological polar surface area (TPSA) is 95.9 Å². The van der Waals surface area contributed by atoms with E-state index in [-0.39, 0.29) is 18.5 Å². The van der Waals surface area contributed by atoms with Crippen molar-refractivity contribution >= 4 is 11.9 Å². The molecule has 318 valence electrons. The van der Waals surface area contributed by atoms with Crippen molar-refractivity contribution in [1.82, 2.24) is 5.32 Å². The Bertz CT molecular complexity index is 984. The van der Waals surface area contributed by atoms with E-state index < -0.39 is 12.1 Å². The number of aliphatic hydroxyl groups is 2. The molecule has 2 unspecified atom stereocenters. The fraction of sp³-hybridized carbons (Fsp3) is 0.755. The Kier molecular flexibility index (Phi) is 42.3. The molecule has 0 heterocycles. The number of nitrogens with one attached hydrogen (secondary N) is 1. The number of esters is 1. The van der Waals surface area contributed by atoms with E-state index in [0.717, 1.165) is 89.9 Å². The molecule has 0 aromatic heterocycles. The maximum absolute atomic E-state index is 12.3. The van der Waals surface area contributed by atoms with Crippen LogP contribution in [0.4, 0.5) is 0 Å². The van der Waals surface area contributed by atoms with Crippen molar-refractivity contribution in [2.24, 2.45) is 0 Å². The first-order chi connectivity index (χ1) is 27.0. The summed E-state index contributed by atoms with van der Waals surface area (Å²) >= 11 is 0. The van der Waals surface area contributed by atoms with Crippen LogP contribution in [-0.4, -0.2) is 47.4 Å². The summed E-state index contributed by atoms with van der Waals surface area (Å²) in [6.07, 6.45) is 55.0. The molecule has 0 spiro atoms. The molecule has 6 heteroatoms. The third kappa shape index (κ3) is 41.0. The third-order valence-corrected chi connectivity index (χ3v) is 10.0. The van der Waals surface area contributed by atoms with Gasteiger partial charge in [0, 0.05) is 12.8 Å². The lowest BCUT2D eigenvalue weighted by atomic mass is 10.1. The molecule has 0 saturated carbocycles. The molecule has 3 N–H and O–H groups in total. The van der Waals surface area contributed by atoms with Gasteiger partial charge in [-0.3, -0.25) is 9.59 Å². The first-order valence-electron chi connectivity index (χ1n) is 23.1. The molecule has 0 bridgehead atoms. The van der Waals surface area contributed by atoms with Gasteiger partial charge in [0.1, 0.15) is 0 Å². The highest BCUT2D eigenvalue weighted by atomic mass is 16.5. The first kappa shape index (κ1) is 52.6. The van der Waals surface area contributed by atoms with Crippen LogP contribution < -0.4 is 5.32 Å². The number of carbonyl (C=O) groups is 2. The van der Waals surface area contributed by atoms with Crippen molar-refractivity contribution < 1.29 is 24.5 Å². The Balaban J connectivity index is 3.58. The van der Waals surface area contributed by atoms with Crippen LogP contribution in [0.15, 0.2) is 60.8 Å². The van der Waals surface area contributed by atoms with Crippen LogP contribution in [0, 0.1) is 0 Å². The predicted molar refractivity (Wildman–Crippen MR) is 236 cm³/mol. The summed E-state index contributed by atoms with van der Waals surface area (Å²) in [5, 5.41) is 22.9. The van der Waals surface area contributed by atoms with E-state index in [1.807, 2.05) is 6.08 Å². The minimum absolute atomic E-state index is 0.0401. The number of amides is 1. The Morgan fingerprint density at radius 1 is 0.527 bits per heavy atom. The summed E-state index contributed by atoms with van der Waals surface area (Å²) in [6, 6.07) is -0.644. The molecule has 0 aromatic rings. The number of unbranched alkanes of at least 4 members (excludes halogenated alkanes) is 23. The molecule has 0 radical (unpaired) electrons. The van der Waals surface area contributed by atoms with Gasteiger partial charge < -0.3 is 20.3 Å². The van der Waals surface area contributed by atoms with Gasteiger partial charge in [-0.25, -0.2) is 0 Å². The van der Waals surface area contributed by atoms with Crippen LogP contribution in [0.1, 0.15) is 213 Å². The van der Waals surface area contributed by atoms with Crippen molar-refractivity contribution in [2.45, 2.75) is 225 Å². The Morgan fingerprint density at radius 3 is 1.56 bits per heavy atom. The highest BCUT2D eigenvalue weighted by Gasteiger charge is 2.18. The van der Waals surface area contributed by atoms with Crippen molar-refractivity contribution in [3.8, 4) is 0 Å². The zero-order chi connectivity index (χ0) is 40.1. The fourth-order valence-corrected chi connectivity index (χ4v) is 6.42. The van der Waals surface area contributed by atoms with Gasteiger partial charge in [0.25, 0.3) is 0 Å². The van der Waals surface area contributed by atoms with Gasteiger partial charge in [-0.1, -0.05) is 171 Å². The molecule has 0 aromatic carbocycles. The number of carbonyl (C=O) groups excluding carboxylic acids is 2. The van der Waals surface area contributed by atoms with E-state index in [4.69, 9.17) is 4.74 Å². The number of hydrogen-bond acceptors (Lipinski definition) is 5. The summed E-state index contributed by atoms with van der Waals surface area (Å²) in [6.45, 7) is 4.73. The smallest absolute Gasteiger partial charge is 0.305 e. The van der Waals surface area contributed by atoms with Gasteiger partial charge in [-0.2, -0.15) is 0 Å². The molecule has 0 aliphatic rings. The molecule has 0 aliphatic carbocycles. The van der Waals surface area contributed by atoms with Crippen LogP contribution in [-0.2, 0) is 14.3 Å². The van der Waals surface area contributed by atoms with E-state index >= 15 is 0 Å². The van der Waals surface area contributed by atoms with E-state index in [0.29, 0.717) is 19.4 Å². The maximum atomic E-state index is 12.3. The van der Waals surface area contributed by atoms with Gasteiger partial charge in [-0.05, 0) is 89.9 Å². The second kappa shape index (κ2) is 44.3. The van der Waals surface area contributed by atoms with Gasteiger partial charge in [0.2, 0.25) is 5.91 Å². The van der Waals surface area contributed by atoms with Gasteiger partial charge in [-0.15, -0.1) is 0 Å². The number of ether oxygens (including phenoxy) is 1. The molecule has 6 nitrogen and oxygen atoms in total. The normalized spacial score (nSPS) is 13.3. The lowest BCUT2D eigenvalue weighted by Gasteiger charge is -2.20. The number of hydrogen-bond donors (Lipinski definition) is 3. The predicted octanol–water partition coefficient (Wildman–Crippen LogP) is 13.3. The average Bonchev–Trinajstić information content (AvgIpc) is 3.18.